The molecule has 0 saturated heterocycles. The number of H-pyrrole nitrogens is 1. The number of benzene rings is 2. The Morgan fingerprint density at radius 1 is 1.22 bits per heavy atom. The van der Waals surface area contributed by atoms with Crippen LogP contribution in [-0.4, -0.2) is 33.5 Å². The predicted molar refractivity (Wildman–Crippen MR) is 110 cm³/mol. The smallest absolute Gasteiger partial charge is 0.152 e. The van der Waals surface area contributed by atoms with Crippen LogP contribution in [0.15, 0.2) is 53.9 Å². The topological polar surface area (TPSA) is 134 Å². The second kappa shape index (κ2) is 8.07. The van der Waals surface area contributed by atoms with Crippen molar-refractivity contribution in [3.05, 3.63) is 59.9 Å². The van der Waals surface area contributed by atoms with Gasteiger partial charge in [0.2, 0.25) is 0 Å². The second-order valence-corrected chi connectivity index (χ2v) is 6.65. The van der Waals surface area contributed by atoms with E-state index in [9.17, 15) is 0 Å². The number of nitrogens with one attached hydrogen (secondary N) is 2. The molecule has 2 aromatic carbocycles. The Bertz CT molecular complexity index is 913. The Kier molecular flexibility index (Phi) is 5.58. The van der Waals surface area contributed by atoms with Crippen molar-refractivity contribution < 1.29 is 0 Å². The van der Waals surface area contributed by atoms with Gasteiger partial charge in [0, 0.05) is 17.8 Å². The molecule has 0 bridgehead atoms. The minimum absolute atomic E-state index is 0.0322. The summed E-state index contributed by atoms with van der Waals surface area (Å²) in [6, 6.07) is 13.9. The molecule has 142 valence electrons. The summed E-state index contributed by atoms with van der Waals surface area (Å²) < 4.78 is 0. The largest absolute Gasteiger partial charge is 0.382 e. The molecule has 1 unspecified atom stereocenters. The molecule has 0 fully saturated rings. The van der Waals surface area contributed by atoms with E-state index in [1.807, 2.05) is 56.3 Å². The van der Waals surface area contributed by atoms with Crippen molar-refractivity contribution in [1.82, 2.24) is 15.1 Å². The Morgan fingerprint density at radius 2 is 1.96 bits per heavy atom. The molecule has 0 aliphatic rings. The molecule has 0 aliphatic heterocycles. The van der Waals surface area contributed by atoms with E-state index in [4.69, 9.17) is 17.3 Å². The van der Waals surface area contributed by atoms with Crippen LogP contribution in [-0.2, 0) is 0 Å². The van der Waals surface area contributed by atoms with Crippen LogP contribution in [0.1, 0.15) is 31.0 Å². The quantitative estimate of drug-likeness (QED) is 0.188. The number of aromatic nitrogens is 2. The average Bonchev–Trinajstić information content (AvgIpc) is 3.14. The maximum Gasteiger partial charge on any atom is 0.152 e. The number of hydrogen-bond donors (Lipinski definition) is 5. The van der Waals surface area contributed by atoms with E-state index in [0.29, 0.717) is 12.4 Å². The summed E-state index contributed by atoms with van der Waals surface area (Å²) in [5, 5.41) is 8.99. The molecular formula is C19H26N8. The van der Waals surface area contributed by atoms with E-state index in [2.05, 4.69) is 20.4 Å². The van der Waals surface area contributed by atoms with E-state index >= 15 is 0 Å². The van der Waals surface area contributed by atoms with Crippen molar-refractivity contribution in [2.45, 2.75) is 25.9 Å². The molecule has 1 heterocycles. The summed E-state index contributed by atoms with van der Waals surface area (Å²) in [5.41, 5.74) is 16.8. The lowest BCUT2D eigenvalue weighted by atomic mass is 10.0. The van der Waals surface area contributed by atoms with Crippen LogP contribution in [0, 0.1) is 0 Å². The van der Waals surface area contributed by atoms with Crippen molar-refractivity contribution >= 4 is 22.6 Å². The highest BCUT2D eigenvalue weighted by Crippen LogP contribution is 2.22. The van der Waals surface area contributed by atoms with E-state index in [0.717, 1.165) is 27.8 Å². The molecule has 0 spiro atoms. The number of fused-ring (bicyclic) bond motifs is 1. The van der Waals surface area contributed by atoms with E-state index < -0.39 is 0 Å². The highest BCUT2D eigenvalue weighted by atomic mass is 15.6. The Morgan fingerprint density at radius 3 is 2.63 bits per heavy atom. The molecule has 3 aromatic rings. The summed E-state index contributed by atoms with van der Waals surface area (Å²) in [7, 11) is 0. The predicted octanol–water partition coefficient (Wildman–Crippen LogP) is 1.88. The molecule has 0 saturated carbocycles. The zero-order valence-electron chi connectivity index (χ0n) is 15.6. The zero-order chi connectivity index (χ0) is 19.4. The molecule has 1 aromatic heterocycles. The maximum absolute atomic E-state index is 6.04. The molecular weight excluding hydrogens is 340 g/mol. The van der Waals surface area contributed by atoms with Crippen LogP contribution in [0.2, 0.25) is 0 Å². The minimum atomic E-state index is -0.0322. The van der Waals surface area contributed by atoms with Crippen LogP contribution in [0.4, 0.5) is 5.69 Å². The number of nitrogens with two attached hydrogens (primary N) is 3. The summed E-state index contributed by atoms with van der Waals surface area (Å²) in [6.07, 6.45) is 1.68. The van der Waals surface area contributed by atoms with Gasteiger partial charge >= 0.3 is 0 Å². The number of hydrazine groups is 1. The molecule has 8 heteroatoms. The number of anilines is 1. The fourth-order valence-electron chi connectivity index (χ4n) is 2.68. The van der Waals surface area contributed by atoms with Crippen molar-refractivity contribution in [2.24, 2.45) is 22.4 Å². The zero-order valence-corrected chi connectivity index (χ0v) is 15.6. The molecule has 0 amide bonds. The van der Waals surface area contributed by atoms with Crippen LogP contribution in [0.5, 0.6) is 0 Å². The third kappa shape index (κ3) is 4.36. The normalized spacial score (nSPS) is 13.1. The number of amidine groups is 1. The van der Waals surface area contributed by atoms with E-state index in [-0.39, 0.29) is 12.1 Å². The van der Waals surface area contributed by atoms with Gasteiger partial charge in [-0.15, -0.1) is 5.10 Å². The van der Waals surface area contributed by atoms with Gasteiger partial charge in [-0.3, -0.25) is 0 Å². The summed E-state index contributed by atoms with van der Waals surface area (Å²) in [6.45, 7) is 4.33. The number of nitrogens with zero attached hydrogens (tertiary/aromatic N) is 3. The first-order valence-electron chi connectivity index (χ1n) is 8.86. The Hall–Kier alpha value is -3.10. The number of hydrazone groups is 1. The van der Waals surface area contributed by atoms with E-state index in [1.54, 1.807) is 6.33 Å². The monoisotopic (exact) mass is 366 g/mol. The number of hydrogen-bond acceptors (Lipinski definition) is 6. The molecule has 0 aliphatic carbocycles. The van der Waals surface area contributed by atoms with Crippen LogP contribution in [0.3, 0.4) is 0 Å². The second-order valence-electron chi connectivity index (χ2n) is 6.65. The highest BCUT2D eigenvalue weighted by molar-refractivity contribution is 5.97. The van der Waals surface area contributed by atoms with Crippen LogP contribution < -0.4 is 22.6 Å². The summed E-state index contributed by atoms with van der Waals surface area (Å²) in [4.78, 5) is 7.37. The van der Waals surface area contributed by atoms with Gasteiger partial charge in [-0.1, -0.05) is 24.3 Å². The van der Waals surface area contributed by atoms with E-state index in [1.165, 1.54) is 5.12 Å². The third-order valence-electron chi connectivity index (χ3n) is 4.36. The van der Waals surface area contributed by atoms with Crippen molar-refractivity contribution in [2.75, 3.05) is 11.9 Å². The summed E-state index contributed by atoms with van der Waals surface area (Å²) in [5.74, 6) is 6.18. The molecule has 27 heavy (non-hydrogen) atoms. The van der Waals surface area contributed by atoms with Crippen LogP contribution in [0.25, 0.3) is 11.0 Å². The first-order chi connectivity index (χ1) is 13.0. The lowest BCUT2D eigenvalue weighted by molar-refractivity contribution is 0.239. The molecule has 0 radical (unpaired) electrons. The lowest BCUT2D eigenvalue weighted by Crippen LogP contribution is -2.35. The third-order valence-corrected chi connectivity index (χ3v) is 4.36. The highest BCUT2D eigenvalue weighted by Gasteiger charge is 2.11. The standard InChI is InChI=1S/C19H26N8/c1-12(2)27(22)26-19(21)14-5-3-13(4-6-14)18(10-20)25-15-7-8-16-17(9-15)24-11-23-16/h3-9,11-12,18,25H,10,20,22H2,1-2H3,(H2,21,26)(H,23,24). The molecule has 8 N–H and O–H groups in total. The van der Waals surface area contributed by atoms with Crippen molar-refractivity contribution in [1.29, 1.82) is 0 Å². The molecule has 1 atom stereocenters. The number of aromatic amines is 1. The van der Waals surface area contributed by atoms with Crippen molar-refractivity contribution in [3.8, 4) is 0 Å². The Balaban J connectivity index is 1.75. The number of rotatable bonds is 7. The first kappa shape index (κ1) is 18.7. The SMILES string of the molecule is CC(C)N(N)/N=C(\N)c1ccc(C(CN)Nc2ccc3[nH]cnc3c2)cc1. The van der Waals surface area contributed by atoms with Crippen LogP contribution >= 0.6 is 0 Å². The van der Waals surface area contributed by atoms with Gasteiger partial charge in [-0.25, -0.2) is 15.9 Å². The number of imidazole rings is 1. The van der Waals surface area contributed by atoms with Gasteiger partial charge in [-0.2, -0.15) is 0 Å². The van der Waals surface area contributed by atoms with Gasteiger partial charge in [-0.05, 0) is 37.6 Å². The van der Waals surface area contributed by atoms with Gasteiger partial charge in [0.25, 0.3) is 0 Å². The van der Waals surface area contributed by atoms with Gasteiger partial charge in [0.05, 0.1) is 29.4 Å². The fraction of sp³-hybridized carbons (Fsp3) is 0.263. The summed E-state index contributed by atoms with van der Waals surface area (Å²) >= 11 is 0. The average molecular weight is 366 g/mol. The van der Waals surface area contributed by atoms with Crippen molar-refractivity contribution in [3.63, 3.8) is 0 Å². The first-order valence-corrected chi connectivity index (χ1v) is 8.86. The molecule has 8 nitrogen and oxygen atoms in total. The Labute approximate surface area is 158 Å². The van der Waals surface area contributed by atoms with Gasteiger partial charge in [0.1, 0.15) is 0 Å². The van der Waals surface area contributed by atoms with Gasteiger partial charge in [0.15, 0.2) is 5.84 Å². The van der Waals surface area contributed by atoms with Gasteiger partial charge < -0.3 is 21.8 Å². The fourth-order valence-corrected chi connectivity index (χ4v) is 2.68. The maximum atomic E-state index is 6.04. The lowest BCUT2D eigenvalue weighted by Gasteiger charge is -2.20. The molecule has 3 rings (SSSR count). The minimum Gasteiger partial charge on any atom is -0.382 e.